The summed E-state index contributed by atoms with van der Waals surface area (Å²) in [6.07, 6.45) is 4.88. The molecule has 2 amide bonds. The fourth-order valence-electron chi connectivity index (χ4n) is 3.92. The van der Waals surface area contributed by atoms with E-state index in [4.69, 9.17) is 9.47 Å². The minimum absolute atomic E-state index is 0.0670. The van der Waals surface area contributed by atoms with Crippen LogP contribution in [0.25, 0.3) is 0 Å². The number of ether oxygens (including phenoxy) is 2. The van der Waals surface area contributed by atoms with E-state index in [2.05, 4.69) is 0 Å². The molecule has 140 valence electrons. The normalized spacial score (nSPS) is 23.6. The van der Waals surface area contributed by atoms with Crippen molar-refractivity contribution in [3.05, 3.63) is 29.3 Å². The summed E-state index contributed by atoms with van der Waals surface area (Å²) in [5, 5.41) is 0. The van der Waals surface area contributed by atoms with Crippen LogP contribution in [0.1, 0.15) is 61.4 Å². The second kappa shape index (κ2) is 7.09. The Hall–Kier alpha value is -2.37. The summed E-state index contributed by atoms with van der Waals surface area (Å²) in [5.74, 6) is -0.625. The first kappa shape index (κ1) is 18.4. The molecule has 6 heteroatoms. The number of rotatable bonds is 4. The molecule has 0 bridgehead atoms. The molecule has 1 aromatic carbocycles. The number of benzene rings is 1. The highest BCUT2D eigenvalue weighted by molar-refractivity contribution is 6.13. The molecule has 0 aromatic heterocycles. The van der Waals surface area contributed by atoms with Crippen molar-refractivity contribution in [3.8, 4) is 5.75 Å². The van der Waals surface area contributed by atoms with Crippen LogP contribution in [0.4, 0.5) is 0 Å². The maximum atomic E-state index is 12.9. The minimum Gasteiger partial charge on any atom is -0.497 e. The lowest BCUT2D eigenvalue weighted by atomic mass is 9.73. The summed E-state index contributed by atoms with van der Waals surface area (Å²) < 4.78 is 10.9. The van der Waals surface area contributed by atoms with Crippen LogP contribution in [0.15, 0.2) is 18.2 Å². The third-order valence-corrected chi connectivity index (χ3v) is 5.48. The highest BCUT2D eigenvalue weighted by Gasteiger charge is 2.48. The number of nitrogens with zero attached hydrogens (tertiary/aromatic N) is 1. The molecule has 1 atom stereocenters. The fourth-order valence-corrected chi connectivity index (χ4v) is 3.92. The van der Waals surface area contributed by atoms with Crippen molar-refractivity contribution < 1.29 is 23.9 Å². The molecule has 2 aliphatic rings. The van der Waals surface area contributed by atoms with Gasteiger partial charge >= 0.3 is 5.97 Å². The molecule has 0 spiro atoms. The lowest BCUT2D eigenvalue weighted by molar-refractivity contribution is -0.155. The number of carbonyl (C=O) groups is 3. The third kappa shape index (κ3) is 3.20. The van der Waals surface area contributed by atoms with Crippen LogP contribution in [-0.4, -0.2) is 42.9 Å². The van der Waals surface area contributed by atoms with E-state index in [1.807, 2.05) is 0 Å². The van der Waals surface area contributed by atoms with Crippen molar-refractivity contribution in [2.75, 3.05) is 14.2 Å². The van der Waals surface area contributed by atoms with Crippen molar-refractivity contribution in [3.63, 3.8) is 0 Å². The molecule has 3 rings (SSSR count). The van der Waals surface area contributed by atoms with E-state index in [1.54, 1.807) is 25.1 Å². The van der Waals surface area contributed by atoms with Gasteiger partial charge in [0.2, 0.25) is 5.91 Å². The lowest BCUT2D eigenvalue weighted by Gasteiger charge is -2.38. The van der Waals surface area contributed by atoms with Gasteiger partial charge in [0.15, 0.2) is 0 Å². The van der Waals surface area contributed by atoms with E-state index in [-0.39, 0.29) is 18.4 Å². The molecule has 1 heterocycles. The quantitative estimate of drug-likeness (QED) is 0.610. The Kier molecular flexibility index (Phi) is 5.03. The molecule has 1 fully saturated rings. The molecule has 0 N–H and O–H groups in total. The summed E-state index contributed by atoms with van der Waals surface area (Å²) in [6.45, 7) is 1.69. The van der Waals surface area contributed by atoms with Crippen molar-refractivity contribution in [1.29, 1.82) is 0 Å². The molecule has 0 radical (unpaired) electrons. The number of likely N-dealkylation sites (N-methyl/N-ethyl adjacent to an activating group) is 1. The predicted molar refractivity (Wildman–Crippen MR) is 95.0 cm³/mol. The molecule has 1 aliphatic carbocycles. The Bertz CT molecular complexity index is 738. The minimum atomic E-state index is -1.15. The lowest BCUT2D eigenvalue weighted by Crippen LogP contribution is -2.52. The Morgan fingerprint density at radius 3 is 2.58 bits per heavy atom. The van der Waals surface area contributed by atoms with E-state index >= 15 is 0 Å². The van der Waals surface area contributed by atoms with Gasteiger partial charge < -0.3 is 9.47 Å². The van der Waals surface area contributed by atoms with E-state index in [0.717, 1.165) is 30.6 Å². The first-order valence-corrected chi connectivity index (χ1v) is 9.07. The van der Waals surface area contributed by atoms with E-state index in [9.17, 15) is 14.4 Å². The topological polar surface area (TPSA) is 72.9 Å². The maximum Gasteiger partial charge on any atom is 0.307 e. The number of hydrogen-bond donors (Lipinski definition) is 0. The Morgan fingerprint density at radius 1 is 1.23 bits per heavy atom. The van der Waals surface area contributed by atoms with Gasteiger partial charge in [0.25, 0.3) is 5.91 Å². The van der Waals surface area contributed by atoms with Gasteiger partial charge in [0.05, 0.1) is 18.9 Å². The van der Waals surface area contributed by atoms with Gasteiger partial charge in [0.1, 0.15) is 11.9 Å². The highest BCUT2D eigenvalue weighted by Crippen LogP contribution is 2.39. The van der Waals surface area contributed by atoms with Gasteiger partial charge in [-0.2, -0.15) is 0 Å². The SMILES string of the molecule is COc1ccc2c(c1)C(C)(CC(=O)OC1CCCCC1)C(=O)N(C)C2=O. The number of carbonyl (C=O) groups excluding carboxylic acids is 3. The molecule has 1 aromatic rings. The van der Waals surface area contributed by atoms with Crippen LogP contribution in [0.2, 0.25) is 0 Å². The van der Waals surface area contributed by atoms with Crippen molar-refractivity contribution in [1.82, 2.24) is 4.90 Å². The van der Waals surface area contributed by atoms with Crippen LogP contribution in [-0.2, 0) is 19.7 Å². The molecule has 1 aliphatic heterocycles. The summed E-state index contributed by atoms with van der Waals surface area (Å²) in [6, 6.07) is 5.00. The highest BCUT2D eigenvalue weighted by atomic mass is 16.5. The molecule has 26 heavy (non-hydrogen) atoms. The average Bonchev–Trinajstić information content (AvgIpc) is 2.65. The average molecular weight is 359 g/mol. The largest absolute Gasteiger partial charge is 0.497 e. The number of methoxy groups -OCH3 is 1. The monoisotopic (exact) mass is 359 g/mol. The van der Waals surface area contributed by atoms with Gasteiger partial charge in [-0.25, -0.2) is 0 Å². The summed E-state index contributed by atoms with van der Waals surface area (Å²) in [7, 11) is 2.97. The second-order valence-electron chi connectivity index (χ2n) is 7.34. The van der Waals surface area contributed by atoms with Crippen LogP contribution in [0, 0.1) is 0 Å². The Labute approximate surface area is 153 Å². The Balaban J connectivity index is 1.90. The third-order valence-electron chi connectivity index (χ3n) is 5.48. The molecular formula is C20H25NO5. The summed E-state index contributed by atoms with van der Waals surface area (Å²) in [5.41, 5.74) is -0.218. The molecule has 1 unspecified atom stereocenters. The van der Waals surface area contributed by atoms with E-state index < -0.39 is 17.3 Å². The van der Waals surface area contributed by atoms with Gasteiger partial charge in [-0.1, -0.05) is 6.42 Å². The zero-order valence-electron chi connectivity index (χ0n) is 15.5. The number of imide groups is 1. The van der Waals surface area contributed by atoms with Crippen LogP contribution in [0.3, 0.4) is 0 Å². The van der Waals surface area contributed by atoms with Gasteiger partial charge in [-0.15, -0.1) is 0 Å². The molecule has 1 saturated carbocycles. The van der Waals surface area contributed by atoms with Crippen LogP contribution in [0.5, 0.6) is 5.75 Å². The zero-order valence-corrected chi connectivity index (χ0v) is 15.5. The van der Waals surface area contributed by atoms with Crippen LogP contribution < -0.4 is 4.74 Å². The summed E-state index contributed by atoms with van der Waals surface area (Å²) >= 11 is 0. The van der Waals surface area contributed by atoms with Gasteiger partial charge in [-0.3, -0.25) is 19.3 Å². The predicted octanol–water partition coefficient (Wildman–Crippen LogP) is 2.83. The van der Waals surface area contributed by atoms with Crippen LogP contribution >= 0.6 is 0 Å². The molecule has 6 nitrogen and oxygen atoms in total. The second-order valence-corrected chi connectivity index (χ2v) is 7.34. The van der Waals surface area contributed by atoms with Crippen molar-refractivity contribution in [2.45, 2.75) is 57.0 Å². The standard InChI is InChI=1S/C20H25NO5/c1-20(12-17(22)26-13-7-5-4-6-8-13)16-11-14(25-3)9-10-15(16)18(23)21(2)19(20)24/h9-11,13H,4-8,12H2,1-3H3. The molecular weight excluding hydrogens is 334 g/mol. The smallest absolute Gasteiger partial charge is 0.307 e. The molecule has 0 saturated heterocycles. The first-order chi connectivity index (χ1) is 12.4. The number of amides is 2. The first-order valence-electron chi connectivity index (χ1n) is 9.07. The van der Waals surface area contributed by atoms with E-state index in [0.29, 0.717) is 16.9 Å². The Morgan fingerprint density at radius 2 is 1.92 bits per heavy atom. The van der Waals surface area contributed by atoms with Gasteiger partial charge in [-0.05, 0) is 56.4 Å². The van der Waals surface area contributed by atoms with Gasteiger partial charge in [0, 0.05) is 12.6 Å². The van der Waals surface area contributed by atoms with E-state index in [1.165, 1.54) is 20.6 Å². The zero-order chi connectivity index (χ0) is 18.9. The summed E-state index contributed by atoms with van der Waals surface area (Å²) in [4.78, 5) is 39.0. The maximum absolute atomic E-state index is 12.9. The number of esters is 1. The number of fused-ring (bicyclic) bond motifs is 1. The van der Waals surface area contributed by atoms with Crippen molar-refractivity contribution in [2.24, 2.45) is 0 Å². The number of hydrogen-bond acceptors (Lipinski definition) is 5. The van der Waals surface area contributed by atoms with Crippen molar-refractivity contribution >= 4 is 17.8 Å². The fraction of sp³-hybridized carbons (Fsp3) is 0.550.